The Morgan fingerprint density at radius 2 is 2.00 bits per heavy atom. The minimum absolute atomic E-state index is 0.112. The number of aromatic nitrogens is 2. The van der Waals surface area contributed by atoms with E-state index in [0.717, 1.165) is 5.56 Å². The first-order valence-corrected chi connectivity index (χ1v) is 8.92. The summed E-state index contributed by atoms with van der Waals surface area (Å²) in [6.07, 6.45) is -0.0743. The molecule has 0 aromatic carbocycles. The summed E-state index contributed by atoms with van der Waals surface area (Å²) in [5.74, 6) is 0.778. The molecule has 1 atom stereocenters. The van der Waals surface area contributed by atoms with Gasteiger partial charge < -0.3 is 15.2 Å². The van der Waals surface area contributed by atoms with Gasteiger partial charge in [-0.2, -0.15) is 0 Å². The lowest BCUT2D eigenvalue weighted by atomic mass is 9.95. The van der Waals surface area contributed by atoms with Gasteiger partial charge in [0.1, 0.15) is 23.7 Å². The molecule has 8 heteroatoms. The largest absolute Gasteiger partial charge is 0.488 e. The Morgan fingerprint density at radius 3 is 2.57 bits per heavy atom. The van der Waals surface area contributed by atoms with Crippen molar-refractivity contribution in [3.8, 4) is 17.0 Å². The molecular formula is C20H25F2N3O3. The number of hydrogen-bond acceptors (Lipinski definition) is 5. The first-order valence-electron chi connectivity index (χ1n) is 8.92. The van der Waals surface area contributed by atoms with Crippen LogP contribution in [0, 0.1) is 12.8 Å². The quantitative estimate of drug-likeness (QED) is 0.704. The standard InChI is InChI=1S/C20H25F2N3O3/c1-12(2)9-20(4,28-19(23)26)11-27-17-10-25-15(7-13(17)3)14-5-6-24-16(8-14)18(21)22/h5-8,10,12,18H,9,11H2,1-4H3,(H2,23,26). The number of primary amides is 1. The maximum Gasteiger partial charge on any atom is 0.405 e. The third-order valence-electron chi connectivity index (χ3n) is 4.08. The summed E-state index contributed by atoms with van der Waals surface area (Å²) in [6.45, 7) is 7.71. The molecule has 28 heavy (non-hydrogen) atoms. The average molecular weight is 393 g/mol. The zero-order valence-electron chi connectivity index (χ0n) is 16.4. The molecule has 0 aliphatic rings. The van der Waals surface area contributed by atoms with E-state index in [-0.39, 0.29) is 18.2 Å². The van der Waals surface area contributed by atoms with Gasteiger partial charge in [-0.1, -0.05) is 13.8 Å². The smallest absolute Gasteiger partial charge is 0.405 e. The van der Waals surface area contributed by atoms with Gasteiger partial charge in [0.15, 0.2) is 0 Å². The molecule has 0 aliphatic heterocycles. The molecule has 6 nitrogen and oxygen atoms in total. The summed E-state index contributed by atoms with van der Waals surface area (Å²) in [6, 6.07) is 4.68. The Kier molecular flexibility index (Phi) is 6.88. The van der Waals surface area contributed by atoms with Crippen LogP contribution in [0.2, 0.25) is 0 Å². The van der Waals surface area contributed by atoms with Crippen molar-refractivity contribution in [2.75, 3.05) is 6.61 Å². The van der Waals surface area contributed by atoms with Gasteiger partial charge in [-0.05, 0) is 49.9 Å². The van der Waals surface area contributed by atoms with Crippen LogP contribution >= 0.6 is 0 Å². The molecule has 0 fully saturated rings. The van der Waals surface area contributed by atoms with E-state index in [1.807, 2.05) is 20.8 Å². The number of carbonyl (C=O) groups excluding carboxylic acids is 1. The highest BCUT2D eigenvalue weighted by Gasteiger charge is 2.30. The zero-order valence-corrected chi connectivity index (χ0v) is 16.4. The molecule has 0 radical (unpaired) electrons. The van der Waals surface area contributed by atoms with Crippen molar-refractivity contribution in [1.29, 1.82) is 0 Å². The second kappa shape index (κ2) is 8.95. The highest BCUT2D eigenvalue weighted by atomic mass is 19.3. The monoisotopic (exact) mass is 393 g/mol. The number of hydrogen-bond donors (Lipinski definition) is 1. The average Bonchev–Trinajstić information content (AvgIpc) is 2.59. The Labute approximate surface area is 163 Å². The highest BCUT2D eigenvalue weighted by molar-refractivity contribution is 5.65. The summed E-state index contributed by atoms with van der Waals surface area (Å²) < 4.78 is 36.8. The molecule has 1 amide bonds. The number of nitrogens with zero attached hydrogens (tertiary/aromatic N) is 2. The number of aryl methyl sites for hydroxylation is 1. The van der Waals surface area contributed by atoms with Gasteiger partial charge in [0.05, 0.1) is 11.9 Å². The molecule has 0 bridgehead atoms. The minimum atomic E-state index is -2.65. The van der Waals surface area contributed by atoms with E-state index in [0.29, 0.717) is 23.4 Å². The summed E-state index contributed by atoms with van der Waals surface area (Å²) >= 11 is 0. The van der Waals surface area contributed by atoms with Crippen LogP contribution in [0.15, 0.2) is 30.6 Å². The van der Waals surface area contributed by atoms with Crippen LogP contribution in [-0.4, -0.2) is 28.3 Å². The fourth-order valence-electron chi connectivity index (χ4n) is 3.05. The van der Waals surface area contributed by atoms with Gasteiger partial charge in [0.25, 0.3) is 6.43 Å². The predicted molar refractivity (Wildman–Crippen MR) is 101 cm³/mol. The molecule has 2 aromatic rings. The van der Waals surface area contributed by atoms with E-state index in [9.17, 15) is 13.6 Å². The third kappa shape index (κ3) is 5.87. The van der Waals surface area contributed by atoms with Crippen molar-refractivity contribution in [3.05, 3.63) is 41.9 Å². The van der Waals surface area contributed by atoms with Crippen molar-refractivity contribution in [3.63, 3.8) is 0 Å². The normalized spacial score (nSPS) is 13.4. The second-order valence-electron chi connectivity index (χ2n) is 7.36. The first-order chi connectivity index (χ1) is 13.1. The molecule has 2 heterocycles. The lowest BCUT2D eigenvalue weighted by Crippen LogP contribution is -2.41. The Bertz CT molecular complexity index is 830. The van der Waals surface area contributed by atoms with E-state index >= 15 is 0 Å². The number of pyridine rings is 2. The molecule has 0 spiro atoms. The van der Waals surface area contributed by atoms with Crippen molar-refractivity contribution in [2.24, 2.45) is 11.7 Å². The molecule has 1 unspecified atom stereocenters. The van der Waals surface area contributed by atoms with E-state index in [4.69, 9.17) is 15.2 Å². The van der Waals surface area contributed by atoms with E-state index in [2.05, 4.69) is 9.97 Å². The Hall–Kier alpha value is -2.77. The van der Waals surface area contributed by atoms with Crippen LogP contribution in [0.3, 0.4) is 0 Å². The zero-order chi connectivity index (χ0) is 20.9. The van der Waals surface area contributed by atoms with E-state index < -0.39 is 18.1 Å². The number of rotatable bonds is 8. The van der Waals surface area contributed by atoms with Gasteiger partial charge in [-0.25, -0.2) is 13.6 Å². The van der Waals surface area contributed by atoms with Crippen molar-refractivity contribution in [2.45, 2.75) is 46.1 Å². The molecule has 2 rings (SSSR count). The summed E-state index contributed by atoms with van der Waals surface area (Å²) in [4.78, 5) is 19.2. The van der Waals surface area contributed by atoms with Gasteiger partial charge in [-0.15, -0.1) is 0 Å². The summed E-state index contributed by atoms with van der Waals surface area (Å²) in [5, 5.41) is 0. The molecule has 2 aromatic heterocycles. The molecule has 152 valence electrons. The summed E-state index contributed by atoms with van der Waals surface area (Å²) in [7, 11) is 0. The number of carbonyl (C=O) groups is 1. The predicted octanol–water partition coefficient (Wildman–Crippen LogP) is 4.67. The number of halogens is 2. The van der Waals surface area contributed by atoms with E-state index in [1.165, 1.54) is 18.5 Å². The lowest BCUT2D eigenvalue weighted by Gasteiger charge is -2.30. The van der Waals surface area contributed by atoms with Gasteiger partial charge in [-0.3, -0.25) is 9.97 Å². The van der Waals surface area contributed by atoms with Crippen molar-refractivity contribution in [1.82, 2.24) is 9.97 Å². The SMILES string of the molecule is Cc1cc(-c2ccnc(C(F)F)c2)ncc1OCC(C)(CC(C)C)OC(N)=O. The maximum atomic E-state index is 12.9. The van der Waals surface area contributed by atoms with Gasteiger partial charge in [0.2, 0.25) is 0 Å². The fraction of sp³-hybridized carbons (Fsp3) is 0.450. The topological polar surface area (TPSA) is 87.3 Å². The Balaban J connectivity index is 2.18. The number of alkyl halides is 2. The number of nitrogens with two attached hydrogens (primary N) is 1. The van der Waals surface area contributed by atoms with Gasteiger partial charge in [0, 0.05) is 11.8 Å². The molecule has 0 saturated heterocycles. The van der Waals surface area contributed by atoms with E-state index in [1.54, 1.807) is 19.1 Å². The van der Waals surface area contributed by atoms with Crippen LogP contribution in [0.5, 0.6) is 5.75 Å². The Morgan fingerprint density at radius 1 is 1.29 bits per heavy atom. The van der Waals surface area contributed by atoms with Crippen molar-refractivity contribution >= 4 is 6.09 Å². The van der Waals surface area contributed by atoms with Crippen LogP contribution in [-0.2, 0) is 4.74 Å². The molecule has 2 N–H and O–H groups in total. The van der Waals surface area contributed by atoms with Crippen molar-refractivity contribution < 1.29 is 23.0 Å². The maximum absolute atomic E-state index is 12.9. The van der Waals surface area contributed by atoms with Crippen LogP contribution < -0.4 is 10.5 Å². The molecular weight excluding hydrogens is 368 g/mol. The van der Waals surface area contributed by atoms with Crippen LogP contribution in [0.4, 0.5) is 13.6 Å². The fourth-order valence-corrected chi connectivity index (χ4v) is 3.05. The minimum Gasteiger partial charge on any atom is -0.488 e. The number of amides is 1. The highest BCUT2D eigenvalue weighted by Crippen LogP contribution is 2.28. The lowest BCUT2D eigenvalue weighted by molar-refractivity contribution is -0.0188. The second-order valence-corrected chi connectivity index (χ2v) is 7.36. The number of ether oxygens (including phenoxy) is 2. The van der Waals surface area contributed by atoms with Crippen LogP contribution in [0.1, 0.15) is 44.9 Å². The molecule has 0 aliphatic carbocycles. The first kappa shape index (κ1) is 21.5. The third-order valence-corrected chi connectivity index (χ3v) is 4.08. The van der Waals surface area contributed by atoms with Crippen LogP contribution in [0.25, 0.3) is 11.3 Å². The summed E-state index contributed by atoms with van der Waals surface area (Å²) in [5.41, 5.74) is 5.86. The van der Waals surface area contributed by atoms with Gasteiger partial charge >= 0.3 is 6.09 Å². The molecule has 0 saturated carbocycles.